The number of hydrogen-bond acceptors (Lipinski definition) is 4. The van der Waals surface area contributed by atoms with E-state index in [1.807, 2.05) is 36.4 Å². The molecule has 1 aromatic carbocycles. The first-order valence-electron chi connectivity index (χ1n) is 7.49. The van der Waals surface area contributed by atoms with Gasteiger partial charge in [-0.1, -0.05) is 24.3 Å². The highest BCUT2D eigenvalue weighted by Gasteiger charge is 2.31. The third-order valence-corrected chi connectivity index (χ3v) is 4.01. The minimum atomic E-state index is -0.479. The van der Waals surface area contributed by atoms with E-state index in [0.717, 1.165) is 23.4 Å². The first kappa shape index (κ1) is 14.3. The average Bonchev–Trinajstić information content (AvgIpc) is 3.24. The fourth-order valence-corrected chi connectivity index (χ4v) is 2.59. The summed E-state index contributed by atoms with van der Waals surface area (Å²) in [5.41, 5.74) is 7.63. The van der Waals surface area contributed by atoms with Gasteiger partial charge in [-0.15, -0.1) is 0 Å². The molecular weight excluding hydrogens is 264 g/mol. The van der Waals surface area contributed by atoms with Gasteiger partial charge < -0.3 is 15.3 Å². The molecule has 0 radical (unpaired) electrons. The third kappa shape index (κ3) is 3.73. The van der Waals surface area contributed by atoms with Crippen molar-refractivity contribution in [3.05, 3.63) is 59.5 Å². The second kappa shape index (κ2) is 6.43. The topological polar surface area (TPSA) is 62.6 Å². The van der Waals surface area contributed by atoms with Gasteiger partial charge in [-0.3, -0.25) is 4.90 Å². The molecule has 0 amide bonds. The van der Waals surface area contributed by atoms with E-state index in [-0.39, 0.29) is 0 Å². The van der Waals surface area contributed by atoms with Crippen LogP contribution in [-0.2, 0) is 13.1 Å². The van der Waals surface area contributed by atoms with Gasteiger partial charge in [0.1, 0.15) is 5.76 Å². The summed E-state index contributed by atoms with van der Waals surface area (Å²) in [6, 6.07) is 12.3. The van der Waals surface area contributed by atoms with Crippen molar-refractivity contribution in [1.29, 1.82) is 0 Å². The standard InChI is InChI=1S/C17H22N2O2/c18-10-13-3-5-14(6-4-13)17(20)12-19(15-7-8-15)11-16-2-1-9-21-16/h1-6,9,15,17,20H,7-8,10-12,18H2. The first-order chi connectivity index (χ1) is 10.3. The number of furan rings is 1. The lowest BCUT2D eigenvalue weighted by atomic mass is 10.1. The van der Waals surface area contributed by atoms with Crippen LogP contribution in [0.25, 0.3) is 0 Å². The molecule has 3 rings (SSSR count). The Bertz CT molecular complexity index is 547. The smallest absolute Gasteiger partial charge is 0.117 e. The maximum absolute atomic E-state index is 10.5. The third-order valence-electron chi connectivity index (χ3n) is 4.01. The lowest BCUT2D eigenvalue weighted by Gasteiger charge is -2.24. The fourth-order valence-electron chi connectivity index (χ4n) is 2.59. The van der Waals surface area contributed by atoms with E-state index in [1.54, 1.807) is 6.26 Å². The van der Waals surface area contributed by atoms with Crippen molar-refractivity contribution >= 4 is 0 Å². The van der Waals surface area contributed by atoms with Gasteiger partial charge in [0.05, 0.1) is 18.9 Å². The molecule has 3 N–H and O–H groups in total. The van der Waals surface area contributed by atoms with Crippen LogP contribution in [0.4, 0.5) is 0 Å². The van der Waals surface area contributed by atoms with Crippen LogP contribution in [0.2, 0.25) is 0 Å². The van der Waals surface area contributed by atoms with E-state index in [4.69, 9.17) is 10.2 Å². The SMILES string of the molecule is NCc1ccc(C(O)CN(Cc2ccco2)C2CC2)cc1. The molecular formula is C17H22N2O2. The Morgan fingerprint density at radius 1 is 1.24 bits per heavy atom. The second-order valence-electron chi connectivity index (χ2n) is 5.70. The van der Waals surface area contributed by atoms with Crippen molar-refractivity contribution in [2.75, 3.05) is 6.54 Å². The maximum atomic E-state index is 10.5. The molecule has 0 spiro atoms. The number of nitrogens with two attached hydrogens (primary N) is 1. The Balaban J connectivity index is 1.64. The maximum Gasteiger partial charge on any atom is 0.117 e. The highest BCUT2D eigenvalue weighted by atomic mass is 16.3. The minimum Gasteiger partial charge on any atom is -0.468 e. The van der Waals surface area contributed by atoms with Crippen LogP contribution in [0.3, 0.4) is 0 Å². The van der Waals surface area contributed by atoms with Gasteiger partial charge in [0.25, 0.3) is 0 Å². The van der Waals surface area contributed by atoms with Crippen LogP contribution >= 0.6 is 0 Å². The molecule has 112 valence electrons. The van der Waals surface area contributed by atoms with Gasteiger partial charge in [-0.25, -0.2) is 0 Å². The van der Waals surface area contributed by atoms with E-state index in [1.165, 1.54) is 12.8 Å². The molecule has 1 unspecified atom stereocenters. The molecule has 0 bridgehead atoms. The Labute approximate surface area is 125 Å². The molecule has 0 saturated heterocycles. The number of aliphatic hydroxyl groups excluding tert-OH is 1. The monoisotopic (exact) mass is 286 g/mol. The Hall–Kier alpha value is -1.62. The quantitative estimate of drug-likeness (QED) is 0.820. The molecule has 4 nitrogen and oxygen atoms in total. The normalized spacial score (nSPS) is 16.3. The number of benzene rings is 1. The van der Waals surface area contributed by atoms with Crippen LogP contribution in [0, 0.1) is 0 Å². The van der Waals surface area contributed by atoms with E-state index < -0.39 is 6.10 Å². The molecule has 1 heterocycles. The lowest BCUT2D eigenvalue weighted by Crippen LogP contribution is -2.30. The van der Waals surface area contributed by atoms with Crippen LogP contribution in [0.5, 0.6) is 0 Å². The molecule has 0 aliphatic heterocycles. The number of aliphatic hydroxyl groups is 1. The van der Waals surface area contributed by atoms with Crippen molar-refractivity contribution in [2.24, 2.45) is 5.73 Å². The van der Waals surface area contributed by atoms with Crippen LogP contribution in [-0.4, -0.2) is 22.6 Å². The Morgan fingerprint density at radius 2 is 2.00 bits per heavy atom. The molecule has 4 heteroatoms. The summed E-state index contributed by atoms with van der Waals surface area (Å²) in [4.78, 5) is 2.31. The van der Waals surface area contributed by atoms with Crippen LogP contribution < -0.4 is 5.73 Å². The molecule has 1 aromatic heterocycles. The zero-order chi connectivity index (χ0) is 14.7. The summed E-state index contributed by atoms with van der Waals surface area (Å²) in [5.74, 6) is 0.951. The molecule has 1 aliphatic rings. The largest absolute Gasteiger partial charge is 0.468 e. The van der Waals surface area contributed by atoms with E-state index in [9.17, 15) is 5.11 Å². The molecule has 2 aromatic rings. The summed E-state index contributed by atoms with van der Waals surface area (Å²) in [6.07, 6.45) is 3.63. The minimum absolute atomic E-state index is 0.479. The highest BCUT2D eigenvalue weighted by molar-refractivity contribution is 5.24. The summed E-state index contributed by atoms with van der Waals surface area (Å²) in [7, 11) is 0. The summed E-state index contributed by atoms with van der Waals surface area (Å²) in [5, 5.41) is 10.5. The fraction of sp³-hybridized carbons (Fsp3) is 0.412. The van der Waals surface area contributed by atoms with Crippen molar-refractivity contribution < 1.29 is 9.52 Å². The summed E-state index contributed by atoms with van der Waals surface area (Å²) in [6.45, 7) is 1.92. The van der Waals surface area contributed by atoms with Gasteiger partial charge >= 0.3 is 0 Å². The van der Waals surface area contributed by atoms with Crippen molar-refractivity contribution in [2.45, 2.75) is 38.1 Å². The van der Waals surface area contributed by atoms with Crippen molar-refractivity contribution in [3.63, 3.8) is 0 Å². The van der Waals surface area contributed by atoms with Gasteiger partial charge in [-0.2, -0.15) is 0 Å². The molecule has 1 saturated carbocycles. The van der Waals surface area contributed by atoms with E-state index in [2.05, 4.69) is 4.90 Å². The number of nitrogens with zero attached hydrogens (tertiary/aromatic N) is 1. The summed E-state index contributed by atoms with van der Waals surface area (Å²) >= 11 is 0. The van der Waals surface area contributed by atoms with Crippen molar-refractivity contribution in [1.82, 2.24) is 4.90 Å². The Kier molecular flexibility index (Phi) is 4.39. The average molecular weight is 286 g/mol. The second-order valence-corrected chi connectivity index (χ2v) is 5.70. The molecule has 1 fully saturated rings. The number of rotatable bonds is 7. The van der Waals surface area contributed by atoms with Crippen molar-refractivity contribution in [3.8, 4) is 0 Å². The number of hydrogen-bond donors (Lipinski definition) is 2. The zero-order valence-corrected chi connectivity index (χ0v) is 12.1. The molecule has 1 atom stereocenters. The van der Waals surface area contributed by atoms with Gasteiger partial charge in [0.2, 0.25) is 0 Å². The van der Waals surface area contributed by atoms with Gasteiger partial charge in [-0.05, 0) is 36.1 Å². The predicted molar refractivity (Wildman–Crippen MR) is 81.4 cm³/mol. The highest BCUT2D eigenvalue weighted by Crippen LogP contribution is 2.30. The zero-order valence-electron chi connectivity index (χ0n) is 12.1. The molecule has 21 heavy (non-hydrogen) atoms. The summed E-state index contributed by atoms with van der Waals surface area (Å²) < 4.78 is 5.42. The van der Waals surface area contributed by atoms with Gasteiger partial charge in [0.15, 0.2) is 0 Å². The first-order valence-corrected chi connectivity index (χ1v) is 7.49. The lowest BCUT2D eigenvalue weighted by molar-refractivity contribution is 0.1000. The van der Waals surface area contributed by atoms with Crippen LogP contribution in [0.15, 0.2) is 47.1 Å². The van der Waals surface area contributed by atoms with Crippen LogP contribution in [0.1, 0.15) is 35.8 Å². The van der Waals surface area contributed by atoms with Gasteiger partial charge in [0, 0.05) is 19.1 Å². The molecule has 1 aliphatic carbocycles. The Morgan fingerprint density at radius 3 is 2.57 bits per heavy atom. The predicted octanol–water partition coefficient (Wildman–Crippen LogP) is 2.44. The van der Waals surface area contributed by atoms with E-state index in [0.29, 0.717) is 19.1 Å². The van der Waals surface area contributed by atoms with E-state index >= 15 is 0 Å².